The maximum atomic E-state index is 12.9. The summed E-state index contributed by atoms with van der Waals surface area (Å²) in [4.78, 5) is 0. The van der Waals surface area contributed by atoms with Crippen molar-refractivity contribution in [2.75, 3.05) is 5.75 Å². The predicted molar refractivity (Wildman–Crippen MR) is 48.3 cm³/mol. The molecule has 4 nitrogen and oxygen atoms in total. The molecule has 0 fully saturated rings. The van der Waals surface area contributed by atoms with Crippen LogP contribution in [0.15, 0.2) is 0 Å². The molecule has 0 saturated carbocycles. The third-order valence-corrected chi connectivity index (χ3v) is 2.89. The van der Waals surface area contributed by atoms with Gasteiger partial charge >= 0.3 is 36.2 Å². The molecule has 0 rings (SSSR count). The maximum Gasteiger partial charge on any atom is 0.462 e. The zero-order valence-corrected chi connectivity index (χ0v) is 11.5. The van der Waals surface area contributed by atoms with E-state index in [0.29, 0.717) is 0 Å². The molecule has 0 saturated heterocycles. The Morgan fingerprint density at radius 2 is 1.00 bits per heavy atom. The summed E-state index contributed by atoms with van der Waals surface area (Å²) < 4.78 is 191. The van der Waals surface area contributed by atoms with Gasteiger partial charge in [0.15, 0.2) is 0 Å². The monoisotopic (exact) mass is 430 g/mol. The van der Waals surface area contributed by atoms with Gasteiger partial charge in [0.1, 0.15) is 5.75 Å². The maximum absolute atomic E-state index is 12.9. The van der Waals surface area contributed by atoms with E-state index in [1.165, 1.54) is 4.74 Å². The average molecular weight is 430 g/mol. The second kappa shape index (κ2) is 6.00. The summed E-state index contributed by atoms with van der Waals surface area (Å²) >= 11 is 0. The van der Waals surface area contributed by atoms with E-state index < -0.39 is 52.0 Å². The van der Waals surface area contributed by atoms with E-state index >= 15 is 0 Å². The van der Waals surface area contributed by atoms with Crippen LogP contribution in [-0.2, 0) is 14.9 Å². The van der Waals surface area contributed by atoms with E-state index in [4.69, 9.17) is 4.55 Å². The topological polar surface area (TPSA) is 63.6 Å². The number of alkyl halides is 13. The van der Waals surface area contributed by atoms with Gasteiger partial charge in [0, 0.05) is 0 Å². The van der Waals surface area contributed by atoms with Gasteiger partial charge in [0.05, 0.1) is 0 Å². The van der Waals surface area contributed by atoms with Gasteiger partial charge in [0.25, 0.3) is 10.1 Å². The molecule has 18 heteroatoms. The second-order valence-electron chi connectivity index (χ2n) is 4.21. The van der Waals surface area contributed by atoms with Gasteiger partial charge in [-0.1, -0.05) is 0 Å². The second-order valence-corrected chi connectivity index (χ2v) is 5.67. The molecule has 25 heavy (non-hydrogen) atoms. The van der Waals surface area contributed by atoms with Crippen LogP contribution in [0.5, 0.6) is 0 Å². The Balaban J connectivity index is 5.92. The van der Waals surface area contributed by atoms with Crippen LogP contribution in [0, 0.1) is 0 Å². The Labute approximate surface area is 128 Å². The lowest BCUT2D eigenvalue weighted by molar-refractivity contribution is -0.507. The van der Waals surface area contributed by atoms with Crippen molar-refractivity contribution in [3.8, 4) is 0 Å². The molecule has 0 aliphatic rings. The Morgan fingerprint density at radius 1 is 0.680 bits per heavy atom. The fourth-order valence-corrected chi connectivity index (χ4v) is 1.63. The van der Waals surface area contributed by atoms with Crippen molar-refractivity contribution >= 4 is 10.1 Å². The van der Waals surface area contributed by atoms with Crippen LogP contribution in [0.2, 0.25) is 0 Å². The molecule has 0 aliphatic carbocycles. The summed E-state index contributed by atoms with van der Waals surface area (Å²) in [5.74, 6) is -25.0. The lowest BCUT2D eigenvalue weighted by Gasteiger charge is -2.35. The van der Waals surface area contributed by atoms with Crippen LogP contribution in [0.3, 0.4) is 0 Å². The van der Waals surface area contributed by atoms with E-state index in [1.54, 1.807) is 0 Å². The van der Waals surface area contributed by atoms with Crippen LogP contribution in [0.4, 0.5) is 57.1 Å². The molecule has 0 atom stereocenters. The highest BCUT2D eigenvalue weighted by atomic mass is 32.2. The van der Waals surface area contributed by atoms with Crippen molar-refractivity contribution in [3.05, 3.63) is 0 Å². The zero-order chi connectivity index (χ0) is 20.9. The predicted octanol–water partition coefficient (Wildman–Crippen LogP) is 3.54. The molecule has 0 amide bonds. The van der Waals surface area contributed by atoms with Gasteiger partial charge in [-0.15, -0.1) is 0 Å². The van der Waals surface area contributed by atoms with Gasteiger partial charge < -0.3 is 0 Å². The standard InChI is InChI=1S/C7H3F13O4S/c8-2(9,1-25(21,22)23)3(10,11)6(17,18)24-7(19,20)4(12,13)5(14,15)16/h1H2,(H,21,22,23). The first-order valence-corrected chi connectivity index (χ1v) is 6.63. The fourth-order valence-electron chi connectivity index (χ4n) is 0.987. The van der Waals surface area contributed by atoms with Crippen molar-refractivity contribution in [1.82, 2.24) is 0 Å². The number of ether oxygens (including phenoxy) is 1. The molecule has 0 spiro atoms. The molecular formula is C7H3F13O4S. The lowest BCUT2D eigenvalue weighted by atomic mass is 10.2. The summed E-state index contributed by atoms with van der Waals surface area (Å²) in [6.45, 7) is 0. The molecule has 0 aromatic heterocycles. The third-order valence-electron chi connectivity index (χ3n) is 2.17. The van der Waals surface area contributed by atoms with Gasteiger partial charge in [-0.2, -0.15) is 65.5 Å². The average Bonchev–Trinajstić information content (AvgIpc) is 2.21. The van der Waals surface area contributed by atoms with Crippen LogP contribution in [0.1, 0.15) is 0 Å². The van der Waals surface area contributed by atoms with Crippen molar-refractivity contribution in [2.45, 2.75) is 36.2 Å². The van der Waals surface area contributed by atoms with Crippen LogP contribution in [0.25, 0.3) is 0 Å². The molecule has 152 valence electrons. The first-order valence-electron chi connectivity index (χ1n) is 5.02. The Hall–Kier alpha value is -1.04. The smallest absolute Gasteiger partial charge is 0.285 e. The molecule has 0 aliphatic heterocycles. The Bertz CT molecular complexity index is 592. The molecular weight excluding hydrogens is 427 g/mol. The highest BCUT2D eigenvalue weighted by molar-refractivity contribution is 7.85. The van der Waals surface area contributed by atoms with E-state index in [0.717, 1.165) is 0 Å². The number of hydrogen-bond acceptors (Lipinski definition) is 3. The van der Waals surface area contributed by atoms with Gasteiger partial charge in [-0.3, -0.25) is 4.55 Å². The fraction of sp³-hybridized carbons (Fsp3) is 1.00. The van der Waals surface area contributed by atoms with Crippen LogP contribution >= 0.6 is 0 Å². The van der Waals surface area contributed by atoms with E-state index in [2.05, 4.69) is 0 Å². The quantitative estimate of drug-likeness (QED) is 0.496. The zero-order valence-electron chi connectivity index (χ0n) is 10.7. The molecule has 0 unspecified atom stereocenters. The lowest BCUT2D eigenvalue weighted by Crippen LogP contribution is -2.63. The summed E-state index contributed by atoms with van der Waals surface area (Å²) in [5.41, 5.74) is 0. The van der Waals surface area contributed by atoms with E-state index in [-0.39, 0.29) is 0 Å². The van der Waals surface area contributed by atoms with Gasteiger partial charge in [-0.05, 0) is 0 Å². The normalized spacial score (nSPS) is 16.2. The molecule has 1 N–H and O–H groups in total. The molecule has 0 radical (unpaired) electrons. The Kier molecular flexibility index (Phi) is 5.75. The minimum absolute atomic E-state index is 1.34. The molecule has 0 bridgehead atoms. The highest BCUT2D eigenvalue weighted by Crippen LogP contribution is 2.53. The van der Waals surface area contributed by atoms with E-state index in [1.807, 2.05) is 0 Å². The first kappa shape index (κ1) is 24.0. The van der Waals surface area contributed by atoms with Gasteiger partial charge in [-0.25, -0.2) is 4.74 Å². The van der Waals surface area contributed by atoms with Crippen molar-refractivity contribution in [2.24, 2.45) is 0 Å². The summed E-state index contributed by atoms with van der Waals surface area (Å²) in [6.07, 6.45) is -22.2. The molecule has 0 aromatic carbocycles. The van der Waals surface area contributed by atoms with Gasteiger partial charge in [0.2, 0.25) is 0 Å². The third kappa shape index (κ3) is 4.57. The molecule has 0 heterocycles. The summed E-state index contributed by atoms with van der Waals surface area (Å²) in [7, 11) is -6.16. The molecule has 0 aromatic rings. The number of rotatable bonds is 7. The number of halogens is 13. The van der Waals surface area contributed by atoms with Crippen molar-refractivity contribution < 1.29 is 74.8 Å². The van der Waals surface area contributed by atoms with Crippen molar-refractivity contribution in [1.29, 1.82) is 0 Å². The largest absolute Gasteiger partial charge is 0.462 e. The minimum Gasteiger partial charge on any atom is -0.285 e. The SMILES string of the molecule is O=S(=O)(O)CC(F)(F)C(F)(F)C(F)(F)OC(F)(F)C(F)(F)C(F)(F)F. The van der Waals surface area contributed by atoms with E-state index in [9.17, 15) is 65.5 Å². The Morgan fingerprint density at radius 3 is 1.28 bits per heavy atom. The van der Waals surface area contributed by atoms with Crippen molar-refractivity contribution in [3.63, 3.8) is 0 Å². The summed E-state index contributed by atoms with van der Waals surface area (Å²) in [5, 5.41) is 0. The highest BCUT2D eigenvalue weighted by Gasteiger charge is 2.81. The number of hydrogen-bond donors (Lipinski definition) is 1. The summed E-state index contributed by atoms with van der Waals surface area (Å²) in [6, 6.07) is 0. The van der Waals surface area contributed by atoms with Crippen LogP contribution in [-0.4, -0.2) is 54.9 Å². The van der Waals surface area contributed by atoms with Crippen LogP contribution < -0.4 is 0 Å². The minimum atomic E-state index is -7.52. The first-order chi connectivity index (χ1) is 10.4.